The third-order valence-corrected chi connectivity index (χ3v) is 2.81. The molecule has 0 saturated heterocycles. The summed E-state index contributed by atoms with van der Waals surface area (Å²) >= 11 is 0. The summed E-state index contributed by atoms with van der Waals surface area (Å²) in [7, 11) is 0. The van der Waals surface area contributed by atoms with E-state index >= 15 is 0 Å². The van der Waals surface area contributed by atoms with Gasteiger partial charge in [0, 0.05) is 25.5 Å². The molecule has 6 nitrogen and oxygen atoms in total. The van der Waals surface area contributed by atoms with E-state index in [1.165, 1.54) is 0 Å². The van der Waals surface area contributed by atoms with Crippen molar-refractivity contribution in [2.75, 3.05) is 13.2 Å². The van der Waals surface area contributed by atoms with E-state index in [0.717, 1.165) is 5.56 Å². The van der Waals surface area contributed by atoms with Crippen LogP contribution in [0.2, 0.25) is 0 Å². The summed E-state index contributed by atoms with van der Waals surface area (Å²) in [6.07, 6.45) is 3.63. The summed E-state index contributed by atoms with van der Waals surface area (Å²) in [5.41, 5.74) is 1.10. The first-order chi connectivity index (χ1) is 10.8. The Morgan fingerprint density at radius 2 is 1.91 bits per heavy atom. The van der Waals surface area contributed by atoms with Gasteiger partial charge >= 0.3 is 12.0 Å². The highest BCUT2D eigenvalue weighted by Gasteiger charge is 2.02. The van der Waals surface area contributed by atoms with Crippen molar-refractivity contribution in [3.63, 3.8) is 0 Å². The van der Waals surface area contributed by atoms with Gasteiger partial charge < -0.3 is 14.8 Å². The predicted octanol–water partition coefficient (Wildman–Crippen LogP) is 2.31. The number of carbonyl (C=O) groups excluding carboxylic acids is 1. The summed E-state index contributed by atoms with van der Waals surface area (Å²) in [6.45, 7) is 3.50. The minimum Gasteiger partial charge on any atom is -0.466 e. The van der Waals surface area contributed by atoms with Crippen LogP contribution < -0.4 is 10.1 Å². The Labute approximate surface area is 129 Å². The molecule has 0 aliphatic heterocycles. The Morgan fingerprint density at radius 3 is 2.59 bits per heavy atom. The lowest BCUT2D eigenvalue weighted by molar-refractivity contribution is -0.142. The monoisotopic (exact) mass is 301 g/mol. The average Bonchev–Trinajstić information content (AvgIpc) is 2.54. The van der Waals surface area contributed by atoms with E-state index in [1.807, 2.05) is 24.3 Å². The molecule has 0 radical (unpaired) electrons. The molecule has 0 amide bonds. The van der Waals surface area contributed by atoms with Gasteiger partial charge in [-0.2, -0.15) is 0 Å². The predicted molar refractivity (Wildman–Crippen MR) is 81.5 cm³/mol. The SMILES string of the molecule is CCOC(=O)CCNCc1ccc(Oc2ncccn2)cc1. The number of hydrogen-bond donors (Lipinski definition) is 1. The van der Waals surface area contributed by atoms with Crippen LogP contribution in [0.1, 0.15) is 18.9 Å². The van der Waals surface area contributed by atoms with E-state index in [1.54, 1.807) is 25.4 Å². The summed E-state index contributed by atoms with van der Waals surface area (Å²) < 4.78 is 10.4. The molecule has 1 heterocycles. The smallest absolute Gasteiger partial charge is 0.321 e. The number of rotatable bonds is 8. The number of benzene rings is 1. The standard InChI is InChI=1S/C16H19N3O3/c1-2-21-15(20)8-11-17-12-13-4-6-14(7-5-13)22-16-18-9-3-10-19-16/h3-7,9-10,17H,2,8,11-12H2,1H3. The molecule has 0 fully saturated rings. The van der Waals surface area contributed by atoms with Crippen LogP contribution in [-0.4, -0.2) is 29.1 Å². The molecule has 2 aromatic rings. The fraction of sp³-hybridized carbons (Fsp3) is 0.312. The Hall–Kier alpha value is -2.47. The highest BCUT2D eigenvalue weighted by atomic mass is 16.5. The van der Waals surface area contributed by atoms with Gasteiger partial charge in [-0.3, -0.25) is 4.79 Å². The zero-order valence-electron chi connectivity index (χ0n) is 12.5. The molecular formula is C16H19N3O3. The third-order valence-electron chi connectivity index (χ3n) is 2.81. The van der Waals surface area contributed by atoms with Crippen LogP contribution in [0.4, 0.5) is 0 Å². The second-order valence-corrected chi connectivity index (χ2v) is 4.51. The fourth-order valence-electron chi connectivity index (χ4n) is 1.78. The van der Waals surface area contributed by atoms with Gasteiger partial charge in [0.15, 0.2) is 0 Å². The largest absolute Gasteiger partial charge is 0.466 e. The molecule has 0 bridgehead atoms. The van der Waals surface area contributed by atoms with Crippen molar-refractivity contribution in [2.24, 2.45) is 0 Å². The number of nitrogens with one attached hydrogen (secondary N) is 1. The third kappa shape index (κ3) is 5.49. The first-order valence-corrected chi connectivity index (χ1v) is 7.18. The molecule has 6 heteroatoms. The van der Waals surface area contributed by atoms with Crippen LogP contribution in [0.25, 0.3) is 0 Å². The molecule has 0 atom stereocenters. The minimum absolute atomic E-state index is 0.179. The number of carbonyl (C=O) groups is 1. The van der Waals surface area contributed by atoms with E-state index in [4.69, 9.17) is 9.47 Å². The highest BCUT2D eigenvalue weighted by Crippen LogP contribution is 2.17. The van der Waals surface area contributed by atoms with Crippen molar-refractivity contribution in [3.8, 4) is 11.8 Å². The van der Waals surface area contributed by atoms with Crippen molar-refractivity contribution < 1.29 is 14.3 Å². The quantitative estimate of drug-likeness (QED) is 0.596. The molecular weight excluding hydrogens is 282 g/mol. The maximum Gasteiger partial charge on any atom is 0.321 e. The normalized spacial score (nSPS) is 10.2. The van der Waals surface area contributed by atoms with E-state index in [0.29, 0.717) is 37.9 Å². The van der Waals surface area contributed by atoms with Gasteiger partial charge in [-0.05, 0) is 30.7 Å². The van der Waals surface area contributed by atoms with E-state index in [-0.39, 0.29) is 5.97 Å². The maximum absolute atomic E-state index is 11.2. The molecule has 0 aliphatic carbocycles. The molecule has 1 N–H and O–H groups in total. The molecule has 0 aliphatic rings. The Morgan fingerprint density at radius 1 is 1.18 bits per heavy atom. The van der Waals surface area contributed by atoms with E-state index < -0.39 is 0 Å². The zero-order valence-corrected chi connectivity index (χ0v) is 12.5. The van der Waals surface area contributed by atoms with Gasteiger partial charge in [-0.15, -0.1) is 0 Å². The van der Waals surface area contributed by atoms with Crippen LogP contribution in [0.15, 0.2) is 42.7 Å². The van der Waals surface area contributed by atoms with Gasteiger partial charge in [0.1, 0.15) is 5.75 Å². The number of nitrogens with zero attached hydrogens (tertiary/aromatic N) is 2. The van der Waals surface area contributed by atoms with Gasteiger partial charge in [-0.1, -0.05) is 12.1 Å². The molecule has 0 spiro atoms. The van der Waals surface area contributed by atoms with Gasteiger partial charge in [0.2, 0.25) is 0 Å². The maximum atomic E-state index is 11.2. The van der Waals surface area contributed by atoms with Crippen molar-refractivity contribution in [2.45, 2.75) is 19.9 Å². The van der Waals surface area contributed by atoms with Crippen molar-refractivity contribution >= 4 is 5.97 Å². The molecule has 1 aromatic heterocycles. The van der Waals surface area contributed by atoms with Gasteiger partial charge in [0.25, 0.3) is 0 Å². The van der Waals surface area contributed by atoms with Gasteiger partial charge in [-0.25, -0.2) is 9.97 Å². The first kappa shape index (κ1) is 15.9. The molecule has 0 saturated carbocycles. The summed E-state index contributed by atoms with van der Waals surface area (Å²) in [5, 5.41) is 3.19. The Balaban J connectivity index is 1.74. The van der Waals surface area contributed by atoms with Crippen molar-refractivity contribution in [3.05, 3.63) is 48.3 Å². The number of esters is 1. The summed E-state index contributed by atoms with van der Waals surface area (Å²) in [5.74, 6) is 0.503. The van der Waals surface area contributed by atoms with Crippen LogP contribution in [-0.2, 0) is 16.1 Å². The molecule has 2 rings (SSSR count). The number of ether oxygens (including phenoxy) is 2. The average molecular weight is 301 g/mol. The second kappa shape index (κ2) is 8.74. The Bertz CT molecular complexity index is 573. The lowest BCUT2D eigenvalue weighted by Gasteiger charge is -2.06. The van der Waals surface area contributed by atoms with Crippen molar-refractivity contribution in [1.82, 2.24) is 15.3 Å². The molecule has 116 valence electrons. The lowest BCUT2D eigenvalue weighted by atomic mass is 10.2. The highest BCUT2D eigenvalue weighted by molar-refractivity contribution is 5.69. The van der Waals surface area contributed by atoms with Crippen molar-refractivity contribution in [1.29, 1.82) is 0 Å². The number of hydrogen-bond acceptors (Lipinski definition) is 6. The minimum atomic E-state index is -0.179. The summed E-state index contributed by atoms with van der Waals surface area (Å²) in [6, 6.07) is 9.68. The molecule has 22 heavy (non-hydrogen) atoms. The zero-order chi connectivity index (χ0) is 15.6. The van der Waals surface area contributed by atoms with E-state index in [9.17, 15) is 4.79 Å². The Kier molecular flexibility index (Phi) is 6.32. The van der Waals surface area contributed by atoms with Crippen LogP contribution in [0.3, 0.4) is 0 Å². The molecule has 0 unspecified atom stereocenters. The second-order valence-electron chi connectivity index (χ2n) is 4.51. The fourth-order valence-corrected chi connectivity index (χ4v) is 1.78. The van der Waals surface area contributed by atoms with Crippen LogP contribution >= 0.6 is 0 Å². The van der Waals surface area contributed by atoms with Gasteiger partial charge in [0.05, 0.1) is 13.0 Å². The molecule has 1 aromatic carbocycles. The topological polar surface area (TPSA) is 73.3 Å². The first-order valence-electron chi connectivity index (χ1n) is 7.18. The summed E-state index contributed by atoms with van der Waals surface area (Å²) in [4.78, 5) is 19.2. The van der Waals surface area contributed by atoms with Crippen LogP contribution in [0.5, 0.6) is 11.8 Å². The van der Waals surface area contributed by atoms with Crippen LogP contribution in [0, 0.1) is 0 Å². The van der Waals surface area contributed by atoms with E-state index in [2.05, 4.69) is 15.3 Å². The number of aromatic nitrogens is 2. The lowest BCUT2D eigenvalue weighted by Crippen LogP contribution is -2.18.